The highest BCUT2D eigenvalue weighted by Gasteiger charge is 2.34. The van der Waals surface area contributed by atoms with Gasteiger partial charge in [-0.25, -0.2) is 8.42 Å². The zero-order valence-electron chi connectivity index (χ0n) is 21.9. The van der Waals surface area contributed by atoms with Gasteiger partial charge in [0.1, 0.15) is 12.6 Å². The molecule has 9 heteroatoms. The molecule has 0 bridgehead atoms. The lowest BCUT2D eigenvalue weighted by Gasteiger charge is -2.33. The Balaban J connectivity index is 2.03. The number of nitrogens with one attached hydrogen (secondary N) is 1. The smallest absolute Gasteiger partial charge is 0.264 e. The normalized spacial score (nSPS) is 12.8. The van der Waals surface area contributed by atoms with Crippen LogP contribution >= 0.6 is 15.9 Å². The molecule has 7 nitrogen and oxygen atoms in total. The largest absolute Gasteiger partial charge is 0.352 e. The first-order chi connectivity index (χ1) is 18.2. The third kappa shape index (κ3) is 7.45. The van der Waals surface area contributed by atoms with Crippen molar-refractivity contribution >= 4 is 43.5 Å². The van der Waals surface area contributed by atoms with E-state index in [9.17, 15) is 18.0 Å². The van der Waals surface area contributed by atoms with Crippen LogP contribution in [0.1, 0.15) is 39.2 Å². The van der Waals surface area contributed by atoms with E-state index in [2.05, 4.69) is 21.2 Å². The third-order valence-corrected chi connectivity index (χ3v) is 8.57. The number of rotatable bonds is 12. The first-order valence-electron chi connectivity index (χ1n) is 12.6. The van der Waals surface area contributed by atoms with Gasteiger partial charge in [-0.2, -0.15) is 0 Å². The first-order valence-corrected chi connectivity index (χ1v) is 14.9. The number of amides is 2. The minimum atomic E-state index is -4.08. The van der Waals surface area contributed by atoms with Gasteiger partial charge in [0.25, 0.3) is 10.0 Å². The van der Waals surface area contributed by atoms with Gasteiger partial charge in [0.2, 0.25) is 11.8 Å². The van der Waals surface area contributed by atoms with Crippen molar-refractivity contribution in [3.8, 4) is 0 Å². The van der Waals surface area contributed by atoms with Crippen molar-refractivity contribution in [2.45, 2.75) is 57.1 Å². The van der Waals surface area contributed by atoms with Crippen molar-refractivity contribution in [1.29, 1.82) is 0 Å². The summed E-state index contributed by atoms with van der Waals surface area (Å²) >= 11 is 3.41. The molecule has 0 aromatic heterocycles. The Kier molecular flexibility index (Phi) is 10.5. The molecule has 0 aliphatic heterocycles. The maximum atomic E-state index is 14.0. The van der Waals surface area contributed by atoms with E-state index < -0.39 is 28.5 Å². The second-order valence-corrected chi connectivity index (χ2v) is 11.8. The average molecular weight is 601 g/mol. The van der Waals surface area contributed by atoms with Crippen molar-refractivity contribution in [2.24, 2.45) is 0 Å². The van der Waals surface area contributed by atoms with E-state index in [1.54, 1.807) is 42.5 Å². The van der Waals surface area contributed by atoms with E-state index in [1.807, 2.05) is 51.1 Å². The Morgan fingerprint density at radius 1 is 0.895 bits per heavy atom. The highest BCUT2D eigenvalue weighted by atomic mass is 79.9. The zero-order valence-corrected chi connectivity index (χ0v) is 24.3. The topological polar surface area (TPSA) is 86.8 Å². The molecule has 0 spiro atoms. The predicted molar refractivity (Wildman–Crippen MR) is 154 cm³/mol. The van der Waals surface area contributed by atoms with Crippen LogP contribution in [-0.4, -0.2) is 43.8 Å². The Hall–Kier alpha value is -3.17. The molecule has 0 aliphatic rings. The van der Waals surface area contributed by atoms with Gasteiger partial charge in [-0.05, 0) is 55.7 Å². The van der Waals surface area contributed by atoms with Crippen molar-refractivity contribution in [3.63, 3.8) is 0 Å². The zero-order chi connectivity index (χ0) is 27.7. The second-order valence-electron chi connectivity index (χ2n) is 9.05. The monoisotopic (exact) mass is 599 g/mol. The Labute approximate surface area is 234 Å². The quantitative estimate of drug-likeness (QED) is 0.303. The molecular weight excluding hydrogens is 566 g/mol. The van der Waals surface area contributed by atoms with Gasteiger partial charge in [0.05, 0.1) is 10.6 Å². The molecule has 3 rings (SSSR count). The van der Waals surface area contributed by atoms with Crippen LogP contribution in [-0.2, 0) is 26.2 Å². The lowest BCUT2D eigenvalue weighted by Crippen LogP contribution is -2.53. The number of carbonyl (C=O) groups is 2. The molecule has 0 saturated carbocycles. The number of halogens is 1. The number of benzene rings is 3. The summed E-state index contributed by atoms with van der Waals surface area (Å²) in [4.78, 5) is 28.8. The van der Waals surface area contributed by atoms with Crippen molar-refractivity contribution in [3.05, 3.63) is 95.0 Å². The average Bonchev–Trinajstić information content (AvgIpc) is 2.92. The number of carbonyl (C=O) groups excluding carboxylic acids is 2. The maximum absolute atomic E-state index is 14.0. The Morgan fingerprint density at radius 3 is 2.11 bits per heavy atom. The molecule has 1 N–H and O–H groups in total. The summed E-state index contributed by atoms with van der Waals surface area (Å²) in [5.74, 6) is -0.731. The molecule has 0 saturated heterocycles. The number of anilines is 1. The number of hydrogen-bond donors (Lipinski definition) is 1. The van der Waals surface area contributed by atoms with E-state index in [1.165, 1.54) is 17.0 Å². The molecule has 3 aromatic rings. The van der Waals surface area contributed by atoms with Crippen LogP contribution in [0.4, 0.5) is 5.69 Å². The van der Waals surface area contributed by atoms with Gasteiger partial charge in [0, 0.05) is 17.1 Å². The minimum absolute atomic E-state index is 0.0538. The molecule has 202 valence electrons. The van der Waals surface area contributed by atoms with E-state index in [-0.39, 0.29) is 23.4 Å². The number of sulfonamides is 1. The summed E-state index contributed by atoms with van der Waals surface area (Å²) in [6.45, 7) is 5.44. The molecule has 2 amide bonds. The molecular formula is C29H34BrN3O4S. The van der Waals surface area contributed by atoms with Gasteiger partial charge in [-0.3, -0.25) is 13.9 Å². The molecule has 0 radical (unpaired) electrons. The maximum Gasteiger partial charge on any atom is 0.264 e. The molecule has 0 unspecified atom stereocenters. The summed E-state index contributed by atoms with van der Waals surface area (Å²) in [7, 11) is -4.08. The van der Waals surface area contributed by atoms with Gasteiger partial charge in [-0.15, -0.1) is 0 Å². The Morgan fingerprint density at radius 2 is 1.53 bits per heavy atom. The first kappa shape index (κ1) is 29.4. The third-order valence-electron chi connectivity index (χ3n) is 6.29. The fourth-order valence-corrected chi connectivity index (χ4v) is 5.83. The van der Waals surface area contributed by atoms with Crippen LogP contribution in [0.25, 0.3) is 0 Å². The molecule has 0 aliphatic carbocycles. The van der Waals surface area contributed by atoms with E-state index in [0.29, 0.717) is 16.6 Å². The van der Waals surface area contributed by atoms with Gasteiger partial charge < -0.3 is 10.2 Å². The van der Waals surface area contributed by atoms with Crippen molar-refractivity contribution < 1.29 is 18.0 Å². The van der Waals surface area contributed by atoms with Gasteiger partial charge >= 0.3 is 0 Å². The molecule has 0 heterocycles. The van der Waals surface area contributed by atoms with Crippen LogP contribution in [0.15, 0.2) is 94.3 Å². The highest BCUT2D eigenvalue weighted by molar-refractivity contribution is 9.10. The molecule has 2 atom stereocenters. The van der Waals surface area contributed by atoms with Gasteiger partial charge in [-0.1, -0.05) is 84.4 Å². The van der Waals surface area contributed by atoms with E-state index >= 15 is 0 Å². The Bertz CT molecular complexity index is 1320. The SMILES string of the molecule is CC[C@H](C)NC(=O)[C@H](CC)N(Cc1ccccc1)C(=O)CN(c1cccc(Br)c1)S(=O)(=O)c1ccccc1. The van der Waals surface area contributed by atoms with Crippen LogP contribution in [0.5, 0.6) is 0 Å². The minimum Gasteiger partial charge on any atom is -0.352 e. The summed E-state index contributed by atoms with van der Waals surface area (Å²) < 4.78 is 29.3. The van der Waals surface area contributed by atoms with Crippen LogP contribution in [0.3, 0.4) is 0 Å². The molecule has 38 heavy (non-hydrogen) atoms. The lowest BCUT2D eigenvalue weighted by molar-refractivity contribution is -0.140. The molecule has 0 fully saturated rings. The lowest BCUT2D eigenvalue weighted by atomic mass is 10.1. The van der Waals surface area contributed by atoms with Crippen molar-refractivity contribution in [2.75, 3.05) is 10.8 Å². The van der Waals surface area contributed by atoms with E-state index in [0.717, 1.165) is 16.3 Å². The number of nitrogens with zero attached hydrogens (tertiary/aromatic N) is 2. The van der Waals surface area contributed by atoms with Crippen LogP contribution in [0.2, 0.25) is 0 Å². The van der Waals surface area contributed by atoms with E-state index in [4.69, 9.17) is 0 Å². The standard InChI is InChI=1S/C29H34BrN3O4S/c1-4-22(3)31-29(35)27(5-2)32(20-23-13-8-6-9-14-23)28(34)21-33(25-16-12-15-24(30)19-25)38(36,37)26-17-10-7-11-18-26/h6-19,22,27H,4-5,20-21H2,1-3H3,(H,31,35)/t22-,27-/m0/s1. The van der Waals surface area contributed by atoms with Crippen molar-refractivity contribution in [1.82, 2.24) is 10.2 Å². The summed E-state index contributed by atoms with van der Waals surface area (Å²) in [6, 6.07) is 23.4. The molecule has 3 aromatic carbocycles. The van der Waals surface area contributed by atoms with Crippen LogP contribution < -0.4 is 9.62 Å². The predicted octanol–water partition coefficient (Wildman–Crippen LogP) is 5.37. The number of hydrogen-bond acceptors (Lipinski definition) is 4. The second kappa shape index (κ2) is 13.6. The fraction of sp³-hybridized carbons (Fsp3) is 0.310. The summed E-state index contributed by atoms with van der Waals surface area (Å²) in [5, 5.41) is 2.98. The fourth-order valence-electron chi connectivity index (χ4n) is 4.02. The summed E-state index contributed by atoms with van der Waals surface area (Å²) in [6.07, 6.45) is 1.13. The summed E-state index contributed by atoms with van der Waals surface area (Å²) in [5.41, 5.74) is 1.18. The van der Waals surface area contributed by atoms with Crippen LogP contribution in [0, 0.1) is 0 Å². The van der Waals surface area contributed by atoms with Gasteiger partial charge in [0.15, 0.2) is 0 Å². The highest BCUT2D eigenvalue weighted by Crippen LogP contribution is 2.27.